The minimum Gasteiger partial charge on any atom is -0.361 e. The number of amides is 1. The average molecular weight is 463 g/mol. The highest BCUT2D eigenvalue weighted by Gasteiger charge is 2.28. The number of hydrogen-bond acceptors (Lipinski definition) is 5. The molecular formula is C21H24ClFN6OS. The number of anilines is 2. The summed E-state index contributed by atoms with van der Waals surface area (Å²) in [5.41, 5.74) is 4.69. The number of nitrogens with zero attached hydrogens (tertiary/aromatic N) is 5. The van der Waals surface area contributed by atoms with Gasteiger partial charge in [-0.2, -0.15) is 13.5 Å². The van der Waals surface area contributed by atoms with Crippen LogP contribution in [0.1, 0.15) is 29.6 Å². The smallest absolute Gasteiger partial charge is 0.246 e. The van der Waals surface area contributed by atoms with Gasteiger partial charge in [0.2, 0.25) is 5.91 Å². The first-order valence-corrected chi connectivity index (χ1v) is 10.1. The molecule has 0 fully saturated rings. The van der Waals surface area contributed by atoms with Gasteiger partial charge in [0.1, 0.15) is 11.9 Å². The van der Waals surface area contributed by atoms with E-state index < -0.39 is 0 Å². The van der Waals surface area contributed by atoms with Gasteiger partial charge in [-0.05, 0) is 51.0 Å². The van der Waals surface area contributed by atoms with Crippen LogP contribution >= 0.6 is 25.1 Å². The SMILES string of the molecule is Cc1nc(CCc2cn(Cc3cc(Cl)ccc3F)nn2)cc2c1NC(=O)[C@H](C)N2C.S. The minimum absolute atomic E-state index is 0. The molecule has 0 aliphatic carbocycles. The molecule has 0 unspecified atom stereocenters. The fourth-order valence-corrected chi connectivity index (χ4v) is 3.71. The van der Waals surface area contributed by atoms with Crippen LogP contribution < -0.4 is 10.2 Å². The van der Waals surface area contributed by atoms with Crippen LogP contribution in [0.3, 0.4) is 0 Å². The number of nitrogens with one attached hydrogen (secondary N) is 1. The molecule has 1 amide bonds. The van der Waals surface area contributed by atoms with Crippen LogP contribution in [0.15, 0.2) is 30.5 Å². The van der Waals surface area contributed by atoms with E-state index in [4.69, 9.17) is 11.6 Å². The fraction of sp³-hybridized carbons (Fsp3) is 0.333. The van der Waals surface area contributed by atoms with Crippen LogP contribution in [0.4, 0.5) is 15.8 Å². The molecule has 164 valence electrons. The summed E-state index contributed by atoms with van der Waals surface area (Å²) in [5, 5.41) is 11.7. The first kappa shape index (κ1) is 23.0. The second-order valence-corrected chi connectivity index (χ2v) is 7.95. The number of halogens is 2. The summed E-state index contributed by atoms with van der Waals surface area (Å²) in [6, 6.07) is 6.22. The lowest BCUT2D eigenvalue weighted by molar-refractivity contribution is -0.117. The van der Waals surface area contributed by atoms with Crippen LogP contribution in [-0.2, 0) is 24.2 Å². The van der Waals surface area contributed by atoms with Gasteiger partial charge in [-0.1, -0.05) is 16.8 Å². The fourth-order valence-electron chi connectivity index (χ4n) is 3.52. The highest BCUT2D eigenvalue weighted by Crippen LogP contribution is 2.33. The first-order chi connectivity index (χ1) is 14.3. The number of aromatic nitrogens is 4. The third-order valence-electron chi connectivity index (χ3n) is 5.38. The average Bonchev–Trinajstić information content (AvgIpc) is 3.16. The van der Waals surface area contributed by atoms with Gasteiger partial charge >= 0.3 is 0 Å². The van der Waals surface area contributed by atoms with Gasteiger partial charge in [0.15, 0.2) is 0 Å². The normalized spacial score (nSPS) is 15.3. The van der Waals surface area contributed by atoms with Crippen molar-refractivity contribution in [3.8, 4) is 0 Å². The second kappa shape index (κ2) is 9.23. The number of hydrogen-bond donors (Lipinski definition) is 1. The summed E-state index contributed by atoms with van der Waals surface area (Å²) < 4.78 is 15.5. The summed E-state index contributed by atoms with van der Waals surface area (Å²) >= 11 is 5.95. The number of carbonyl (C=O) groups is 1. The first-order valence-electron chi connectivity index (χ1n) is 9.69. The van der Waals surface area contributed by atoms with Crippen molar-refractivity contribution in [2.75, 3.05) is 17.3 Å². The van der Waals surface area contributed by atoms with Gasteiger partial charge < -0.3 is 10.2 Å². The van der Waals surface area contributed by atoms with Gasteiger partial charge in [0.05, 0.1) is 29.3 Å². The zero-order valence-electron chi connectivity index (χ0n) is 17.5. The molecule has 0 bridgehead atoms. The topological polar surface area (TPSA) is 75.9 Å². The Morgan fingerprint density at radius 2 is 1.97 bits per heavy atom. The standard InChI is InChI=1S/C21H22ClFN6O.H2S/c1-12-20-19(28(3)13(2)21(30)25-20)9-16(24-12)5-6-17-11-29(27-26-17)10-14-8-15(22)4-7-18(14)23;/h4,7-9,11,13H,5-6,10H2,1-3H3,(H,25,30);1H2/t13-;/m0./s1. The number of likely N-dealkylation sites (N-methyl/N-ethyl adjacent to an activating group) is 1. The Labute approximate surface area is 192 Å². The highest BCUT2D eigenvalue weighted by molar-refractivity contribution is 7.59. The number of rotatable bonds is 5. The molecule has 10 heteroatoms. The van der Waals surface area contributed by atoms with E-state index >= 15 is 0 Å². The Balaban J connectivity index is 0.00000272. The van der Waals surface area contributed by atoms with Crippen molar-refractivity contribution in [1.29, 1.82) is 0 Å². The Morgan fingerprint density at radius 1 is 1.23 bits per heavy atom. The van der Waals surface area contributed by atoms with E-state index in [2.05, 4.69) is 20.6 Å². The number of aryl methyl sites for hydroxylation is 3. The van der Waals surface area contributed by atoms with Gasteiger partial charge in [0, 0.05) is 29.5 Å². The zero-order chi connectivity index (χ0) is 21.4. The van der Waals surface area contributed by atoms with E-state index in [9.17, 15) is 9.18 Å². The van der Waals surface area contributed by atoms with E-state index in [-0.39, 0.29) is 37.8 Å². The molecule has 1 aliphatic rings. The molecule has 0 spiro atoms. The minimum atomic E-state index is -0.323. The van der Waals surface area contributed by atoms with Crippen molar-refractivity contribution < 1.29 is 9.18 Å². The van der Waals surface area contributed by atoms with E-state index in [1.807, 2.05) is 31.9 Å². The molecular weight excluding hydrogens is 439 g/mol. The number of carbonyl (C=O) groups excluding carboxylic acids is 1. The van der Waals surface area contributed by atoms with Crippen molar-refractivity contribution >= 4 is 42.4 Å². The summed E-state index contributed by atoms with van der Waals surface area (Å²) in [4.78, 5) is 18.7. The molecule has 0 saturated carbocycles. The van der Waals surface area contributed by atoms with Crippen molar-refractivity contribution in [2.24, 2.45) is 0 Å². The van der Waals surface area contributed by atoms with Crippen LogP contribution in [-0.4, -0.2) is 39.0 Å². The van der Waals surface area contributed by atoms with Crippen molar-refractivity contribution in [3.63, 3.8) is 0 Å². The van der Waals surface area contributed by atoms with Gasteiger partial charge in [-0.25, -0.2) is 9.07 Å². The number of fused-ring (bicyclic) bond motifs is 1. The molecule has 3 aromatic rings. The molecule has 3 heterocycles. The van der Waals surface area contributed by atoms with Gasteiger partial charge in [-0.3, -0.25) is 9.78 Å². The van der Waals surface area contributed by atoms with E-state index in [0.717, 1.165) is 28.5 Å². The molecule has 4 rings (SSSR count). The predicted octanol–water partition coefficient (Wildman–Crippen LogP) is 3.50. The molecule has 2 aromatic heterocycles. The number of benzene rings is 1. The molecule has 1 aliphatic heterocycles. The third-order valence-corrected chi connectivity index (χ3v) is 5.62. The Hall–Kier alpha value is -2.65. The number of pyridine rings is 1. The lowest BCUT2D eigenvalue weighted by atomic mass is 10.1. The van der Waals surface area contributed by atoms with Crippen molar-refractivity contribution in [1.82, 2.24) is 20.0 Å². The molecule has 0 radical (unpaired) electrons. The summed E-state index contributed by atoms with van der Waals surface area (Å²) in [6.45, 7) is 4.02. The maximum Gasteiger partial charge on any atom is 0.246 e. The lowest BCUT2D eigenvalue weighted by Crippen LogP contribution is -2.44. The third kappa shape index (κ3) is 4.83. The van der Waals surface area contributed by atoms with Crippen molar-refractivity contribution in [3.05, 3.63) is 63.9 Å². The van der Waals surface area contributed by atoms with Crippen LogP contribution in [0.2, 0.25) is 5.02 Å². The van der Waals surface area contributed by atoms with Crippen LogP contribution in [0.25, 0.3) is 0 Å². The molecule has 1 aromatic carbocycles. The van der Waals surface area contributed by atoms with E-state index in [1.165, 1.54) is 12.1 Å². The second-order valence-electron chi connectivity index (χ2n) is 7.51. The van der Waals surface area contributed by atoms with E-state index in [1.54, 1.807) is 16.9 Å². The van der Waals surface area contributed by atoms with Crippen LogP contribution in [0, 0.1) is 12.7 Å². The highest BCUT2D eigenvalue weighted by atomic mass is 35.5. The summed E-state index contributed by atoms with van der Waals surface area (Å²) in [6.07, 6.45) is 3.13. The molecule has 0 saturated heterocycles. The summed E-state index contributed by atoms with van der Waals surface area (Å²) in [7, 11) is 1.91. The van der Waals surface area contributed by atoms with Crippen LogP contribution in [0.5, 0.6) is 0 Å². The predicted molar refractivity (Wildman–Crippen MR) is 124 cm³/mol. The molecule has 7 nitrogen and oxygen atoms in total. The molecule has 31 heavy (non-hydrogen) atoms. The Bertz CT molecular complexity index is 1120. The maximum atomic E-state index is 13.9. The maximum absolute atomic E-state index is 13.9. The molecule has 1 N–H and O–H groups in total. The Kier molecular flexibility index (Phi) is 6.86. The van der Waals surface area contributed by atoms with Gasteiger partial charge in [0.25, 0.3) is 0 Å². The Morgan fingerprint density at radius 3 is 2.74 bits per heavy atom. The van der Waals surface area contributed by atoms with E-state index in [0.29, 0.717) is 23.4 Å². The zero-order valence-corrected chi connectivity index (χ0v) is 19.2. The summed E-state index contributed by atoms with van der Waals surface area (Å²) in [5.74, 6) is -0.356. The quantitative estimate of drug-likeness (QED) is 0.628. The largest absolute Gasteiger partial charge is 0.361 e. The molecule has 1 atom stereocenters. The van der Waals surface area contributed by atoms with Crippen molar-refractivity contribution in [2.45, 2.75) is 39.3 Å². The monoisotopic (exact) mass is 462 g/mol. The van der Waals surface area contributed by atoms with Gasteiger partial charge in [-0.15, -0.1) is 5.10 Å². The lowest BCUT2D eigenvalue weighted by Gasteiger charge is -2.34.